The fourth-order valence-corrected chi connectivity index (χ4v) is 2.52. The summed E-state index contributed by atoms with van der Waals surface area (Å²) in [6.07, 6.45) is 2.68. The molecule has 5 nitrogen and oxygen atoms in total. The Hall–Kier alpha value is -2.02. The Morgan fingerprint density at radius 2 is 2.10 bits per heavy atom. The predicted octanol–water partition coefficient (Wildman–Crippen LogP) is 4.37. The molecule has 0 aliphatic rings. The number of aromatic nitrogens is 1. The standard InChI is InChI=1S/C14H13BrFN3O2/c1-8-3-12(15)13(5-14(8)19(20)21)18-9(2)10-4-11(16)7-17-6-10/h3-7,9,18H,1-2H3. The molecule has 0 saturated heterocycles. The second-order valence-electron chi connectivity index (χ2n) is 4.68. The lowest BCUT2D eigenvalue weighted by Gasteiger charge is -2.17. The van der Waals surface area contributed by atoms with E-state index in [1.165, 1.54) is 12.1 Å². The minimum absolute atomic E-state index is 0.0327. The third kappa shape index (κ3) is 3.55. The molecule has 0 bridgehead atoms. The molecule has 7 heteroatoms. The molecule has 0 spiro atoms. The van der Waals surface area contributed by atoms with E-state index in [1.807, 2.05) is 6.92 Å². The van der Waals surface area contributed by atoms with E-state index >= 15 is 0 Å². The molecular weight excluding hydrogens is 341 g/mol. The van der Waals surface area contributed by atoms with Gasteiger partial charge in [-0.3, -0.25) is 15.1 Å². The summed E-state index contributed by atoms with van der Waals surface area (Å²) in [5.41, 5.74) is 1.83. The van der Waals surface area contributed by atoms with E-state index in [9.17, 15) is 14.5 Å². The van der Waals surface area contributed by atoms with Crippen molar-refractivity contribution in [2.45, 2.75) is 19.9 Å². The van der Waals surface area contributed by atoms with E-state index in [2.05, 4.69) is 26.2 Å². The maximum Gasteiger partial charge on any atom is 0.274 e. The van der Waals surface area contributed by atoms with Crippen LogP contribution in [0.4, 0.5) is 15.8 Å². The van der Waals surface area contributed by atoms with Gasteiger partial charge >= 0.3 is 0 Å². The molecule has 1 aromatic carbocycles. The minimum Gasteiger partial charge on any atom is -0.377 e. The van der Waals surface area contributed by atoms with Crippen LogP contribution in [0.1, 0.15) is 24.1 Å². The van der Waals surface area contributed by atoms with Crippen molar-refractivity contribution in [3.63, 3.8) is 0 Å². The highest BCUT2D eigenvalue weighted by atomic mass is 79.9. The normalized spacial score (nSPS) is 12.0. The van der Waals surface area contributed by atoms with Gasteiger partial charge in [-0.15, -0.1) is 0 Å². The first-order chi connectivity index (χ1) is 9.88. The van der Waals surface area contributed by atoms with Gasteiger partial charge in [-0.05, 0) is 47.5 Å². The number of nitro benzene ring substituents is 1. The first kappa shape index (κ1) is 15.4. The van der Waals surface area contributed by atoms with Crippen LogP contribution < -0.4 is 5.32 Å². The van der Waals surface area contributed by atoms with Crippen molar-refractivity contribution >= 4 is 27.3 Å². The Balaban J connectivity index is 2.31. The summed E-state index contributed by atoms with van der Waals surface area (Å²) in [7, 11) is 0. The number of nitrogens with zero attached hydrogens (tertiary/aromatic N) is 2. The van der Waals surface area contributed by atoms with Crippen molar-refractivity contribution in [3.05, 3.63) is 62.1 Å². The van der Waals surface area contributed by atoms with Crippen LogP contribution in [-0.2, 0) is 0 Å². The molecule has 0 amide bonds. The van der Waals surface area contributed by atoms with E-state index in [0.29, 0.717) is 21.3 Å². The van der Waals surface area contributed by atoms with E-state index in [-0.39, 0.29) is 11.7 Å². The summed E-state index contributed by atoms with van der Waals surface area (Å²) in [4.78, 5) is 14.4. The maximum absolute atomic E-state index is 13.2. The first-order valence-electron chi connectivity index (χ1n) is 6.20. The van der Waals surface area contributed by atoms with Gasteiger partial charge in [0.1, 0.15) is 5.82 Å². The van der Waals surface area contributed by atoms with Crippen LogP contribution in [-0.4, -0.2) is 9.91 Å². The van der Waals surface area contributed by atoms with Gasteiger partial charge in [-0.1, -0.05) is 0 Å². The average Bonchev–Trinajstić information content (AvgIpc) is 2.41. The first-order valence-corrected chi connectivity index (χ1v) is 6.99. The maximum atomic E-state index is 13.2. The van der Waals surface area contributed by atoms with Gasteiger partial charge in [0.25, 0.3) is 5.69 Å². The quantitative estimate of drug-likeness (QED) is 0.654. The molecule has 1 aromatic heterocycles. The zero-order chi connectivity index (χ0) is 15.6. The molecule has 1 atom stereocenters. The van der Waals surface area contributed by atoms with E-state index in [1.54, 1.807) is 19.2 Å². The Kier molecular flexibility index (Phi) is 4.52. The monoisotopic (exact) mass is 353 g/mol. The summed E-state index contributed by atoms with van der Waals surface area (Å²) in [6, 6.07) is 4.27. The highest BCUT2D eigenvalue weighted by molar-refractivity contribution is 9.10. The third-order valence-corrected chi connectivity index (χ3v) is 3.74. The van der Waals surface area contributed by atoms with Crippen molar-refractivity contribution in [1.82, 2.24) is 4.98 Å². The fraction of sp³-hybridized carbons (Fsp3) is 0.214. The number of anilines is 1. The fourth-order valence-electron chi connectivity index (χ4n) is 1.95. The van der Waals surface area contributed by atoms with E-state index in [0.717, 1.165) is 6.20 Å². The number of nitro groups is 1. The molecule has 1 unspecified atom stereocenters. The van der Waals surface area contributed by atoms with Crippen LogP contribution in [0.25, 0.3) is 0 Å². The molecule has 1 N–H and O–H groups in total. The van der Waals surface area contributed by atoms with Crippen molar-refractivity contribution < 1.29 is 9.31 Å². The number of aryl methyl sites for hydroxylation is 1. The molecule has 0 saturated carbocycles. The van der Waals surface area contributed by atoms with Crippen molar-refractivity contribution in [3.8, 4) is 0 Å². The van der Waals surface area contributed by atoms with Crippen molar-refractivity contribution in [2.75, 3.05) is 5.32 Å². The summed E-state index contributed by atoms with van der Waals surface area (Å²) >= 11 is 3.37. The van der Waals surface area contributed by atoms with Gasteiger partial charge in [0.15, 0.2) is 0 Å². The lowest BCUT2D eigenvalue weighted by Crippen LogP contribution is -2.08. The van der Waals surface area contributed by atoms with Crippen LogP contribution in [0.15, 0.2) is 35.1 Å². The molecule has 0 fully saturated rings. The largest absolute Gasteiger partial charge is 0.377 e. The zero-order valence-electron chi connectivity index (χ0n) is 11.4. The highest BCUT2D eigenvalue weighted by Gasteiger charge is 2.16. The third-order valence-electron chi connectivity index (χ3n) is 3.08. The highest BCUT2D eigenvalue weighted by Crippen LogP contribution is 2.32. The average molecular weight is 354 g/mol. The van der Waals surface area contributed by atoms with Gasteiger partial charge in [0.2, 0.25) is 0 Å². The van der Waals surface area contributed by atoms with Crippen LogP contribution in [0.5, 0.6) is 0 Å². The predicted molar refractivity (Wildman–Crippen MR) is 81.8 cm³/mol. The lowest BCUT2D eigenvalue weighted by molar-refractivity contribution is -0.385. The van der Waals surface area contributed by atoms with Crippen LogP contribution >= 0.6 is 15.9 Å². The van der Waals surface area contributed by atoms with Crippen LogP contribution in [0.2, 0.25) is 0 Å². The van der Waals surface area contributed by atoms with Gasteiger partial charge in [-0.2, -0.15) is 0 Å². The van der Waals surface area contributed by atoms with Crippen molar-refractivity contribution in [1.29, 1.82) is 0 Å². The Morgan fingerprint density at radius 1 is 1.38 bits per heavy atom. The van der Waals surface area contributed by atoms with Gasteiger partial charge < -0.3 is 5.32 Å². The Bertz CT molecular complexity index is 694. The summed E-state index contributed by atoms with van der Waals surface area (Å²) in [6.45, 7) is 3.50. The summed E-state index contributed by atoms with van der Waals surface area (Å²) < 4.78 is 13.9. The minimum atomic E-state index is -0.429. The second-order valence-corrected chi connectivity index (χ2v) is 5.53. The van der Waals surface area contributed by atoms with Crippen LogP contribution in [0.3, 0.4) is 0 Å². The topological polar surface area (TPSA) is 68.1 Å². The van der Waals surface area contributed by atoms with Gasteiger partial charge in [0, 0.05) is 22.3 Å². The van der Waals surface area contributed by atoms with E-state index < -0.39 is 10.7 Å². The number of benzene rings is 1. The molecule has 0 radical (unpaired) electrons. The second kappa shape index (κ2) is 6.17. The SMILES string of the molecule is Cc1cc(Br)c(NC(C)c2cncc(F)c2)cc1[N+](=O)[O-]. The molecule has 0 aliphatic heterocycles. The Labute approximate surface area is 129 Å². The van der Waals surface area contributed by atoms with Crippen LogP contribution in [0, 0.1) is 22.9 Å². The Morgan fingerprint density at radius 3 is 2.71 bits per heavy atom. The van der Waals surface area contributed by atoms with Crippen molar-refractivity contribution in [2.24, 2.45) is 0 Å². The zero-order valence-corrected chi connectivity index (χ0v) is 13.0. The van der Waals surface area contributed by atoms with Gasteiger partial charge in [0.05, 0.1) is 22.8 Å². The van der Waals surface area contributed by atoms with Gasteiger partial charge in [-0.25, -0.2) is 4.39 Å². The number of rotatable bonds is 4. The molecular formula is C14H13BrFN3O2. The number of hydrogen-bond acceptors (Lipinski definition) is 4. The number of halogens is 2. The molecule has 110 valence electrons. The number of pyridine rings is 1. The summed E-state index contributed by atoms with van der Waals surface area (Å²) in [5.74, 6) is -0.421. The number of nitrogens with one attached hydrogen (secondary N) is 1. The molecule has 2 aromatic rings. The molecule has 1 heterocycles. The summed E-state index contributed by atoms with van der Waals surface area (Å²) in [5, 5.41) is 14.1. The number of hydrogen-bond donors (Lipinski definition) is 1. The molecule has 0 aliphatic carbocycles. The molecule has 21 heavy (non-hydrogen) atoms. The van der Waals surface area contributed by atoms with E-state index in [4.69, 9.17) is 0 Å². The smallest absolute Gasteiger partial charge is 0.274 e. The molecule has 2 rings (SSSR count). The lowest BCUT2D eigenvalue weighted by atomic mass is 10.1.